The van der Waals surface area contributed by atoms with Crippen LogP contribution in [0.4, 0.5) is 5.82 Å². The van der Waals surface area contributed by atoms with E-state index in [-0.39, 0.29) is 41.6 Å². The number of unbranched alkanes of at least 4 members (excludes halogenated alkanes) is 18. The van der Waals surface area contributed by atoms with Crippen LogP contribution in [-0.2, 0) is 50.7 Å². The number of nitrogens with two attached hydrogens (primary N) is 1. The van der Waals surface area contributed by atoms with Crippen LogP contribution in [0.25, 0.3) is 11.2 Å². The molecule has 1 aliphatic rings. The Hall–Kier alpha value is -2.44. The first kappa shape index (κ1) is 66.8. The lowest BCUT2D eigenvalue weighted by Gasteiger charge is -2.30. The van der Waals surface area contributed by atoms with Crippen molar-refractivity contribution in [1.29, 1.82) is 0 Å². The Morgan fingerprint density at radius 1 is 0.800 bits per heavy atom. The Balaban J connectivity index is 1.20. The van der Waals surface area contributed by atoms with Gasteiger partial charge in [-0.15, -0.1) is 0 Å². The third-order valence-electron chi connectivity index (χ3n) is 13.0. The van der Waals surface area contributed by atoms with Gasteiger partial charge in [-0.25, -0.2) is 28.6 Å². The number of fused-ring (bicyclic) bond motifs is 1. The van der Waals surface area contributed by atoms with Gasteiger partial charge in [0.15, 0.2) is 22.8 Å². The van der Waals surface area contributed by atoms with E-state index in [9.17, 15) is 57.9 Å². The predicted molar refractivity (Wildman–Crippen MR) is 284 cm³/mol. The molecule has 432 valence electrons. The Bertz CT molecular complexity index is 2160. The second kappa shape index (κ2) is 34.5. The summed E-state index contributed by atoms with van der Waals surface area (Å²) < 4.78 is 62.6. The molecule has 1 aliphatic heterocycles. The highest BCUT2D eigenvalue weighted by atomic mass is 32.2. The van der Waals surface area contributed by atoms with Crippen LogP contribution in [0.2, 0.25) is 0 Å². The van der Waals surface area contributed by atoms with Gasteiger partial charge in [0.1, 0.15) is 36.3 Å². The molecule has 0 saturated carbocycles. The molecule has 1 fully saturated rings. The van der Waals surface area contributed by atoms with Crippen molar-refractivity contribution in [2.24, 2.45) is 11.3 Å². The number of aliphatic hydroxyl groups is 2. The largest absolute Gasteiger partial charge is 0.481 e. The molecule has 0 bridgehead atoms. The summed E-state index contributed by atoms with van der Waals surface area (Å²) in [6.07, 6.45) is 20.9. The van der Waals surface area contributed by atoms with E-state index in [0.717, 1.165) is 54.2 Å². The molecular formula is C47H86N7O17P3S. The minimum atomic E-state index is -5.58. The first-order valence-electron chi connectivity index (χ1n) is 26.5. The second-order valence-electron chi connectivity index (χ2n) is 20.1. The highest BCUT2D eigenvalue weighted by Crippen LogP contribution is 2.61. The van der Waals surface area contributed by atoms with Gasteiger partial charge >= 0.3 is 23.5 Å². The minimum Gasteiger partial charge on any atom is -0.386 e. The number of nitrogens with zero attached hydrogens (tertiary/aromatic N) is 4. The van der Waals surface area contributed by atoms with Crippen molar-refractivity contribution in [2.75, 3.05) is 37.8 Å². The van der Waals surface area contributed by atoms with Crippen LogP contribution in [0.5, 0.6) is 0 Å². The predicted octanol–water partition coefficient (Wildman–Crippen LogP) is 7.90. The number of carbonyl (C=O) groups excluding carboxylic acids is 3. The minimum absolute atomic E-state index is 0.0346. The molecule has 28 heteroatoms. The fourth-order valence-corrected chi connectivity index (χ4v) is 11.9. The van der Waals surface area contributed by atoms with Gasteiger partial charge in [0.25, 0.3) is 0 Å². The molecule has 0 aliphatic carbocycles. The molecular weight excluding hydrogens is 1060 g/mol. The van der Waals surface area contributed by atoms with Crippen LogP contribution >= 0.6 is 35.2 Å². The van der Waals surface area contributed by atoms with Gasteiger partial charge in [-0.1, -0.05) is 168 Å². The summed E-state index contributed by atoms with van der Waals surface area (Å²) >= 11 is 1.16. The molecule has 3 rings (SSSR count). The van der Waals surface area contributed by atoms with Crippen molar-refractivity contribution >= 4 is 69.1 Å². The second-order valence-corrected chi connectivity index (χ2v) is 25.4. The molecule has 75 heavy (non-hydrogen) atoms. The van der Waals surface area contributed by atoms with E-state index in [2.05, 4.69) is 48.3 Å². The monoisotopic (exact) mass is 1150 g/mol. The zero-order chi connectivity index (χ0) is 55.5. The maximum absolute atomic E-state index is 12.8. The first-order valence-corrected chi connectivity index (χ1v) is 32.0. The fraction of sp³-hybridized carbons (Fsp3) is 0.830. The van der Waals surface area contributed by atoms with Crippen LogP contribution in [0.15, 0.2) is 12.7 Å². The molecule has 0 aromatic carbocycles. The van der Waals surface area contributed by atoms with Crippen molar-refractivity contribution in [3.05, 3.63) is 12.7 Å². The summed E-state index contributed by atoms with van der Waals surface area (Å²) in [6, 6.07) is 0. The number of ether oxygens (including phenoxy) is 1. The SMILES string of the molecule is CCC(C)CCCCCCCCCCCCCCCCCCCCCC(=O)SCCNC(=O)CCNC(=O)C(O)C(C)(C)COP(=O)(O)OP(=O)(O)OCC1OC(n2cnc3c(N)ncnc32)C(O)C1OP(=O)(O)O. The van der Waals surface area contributed by atoms with Gasteiger partial charge < -0.3 is 50.9 Å². The summed E-state index contributed by atoms with van der Waals surface area (Å²) in [5.41, 5.74) is 4.30. The summed E-state index contributed by atoms with van der Waals surface area (Å²) in [5.74, 6) is -0.128. The maximum Gasteiger partial charge on any atom is 0.481 e. The number of rotatable bonds is 42. The molecule has 10 N–H and O–H groups in total. The van der Waals surface area contributed by atoms with E-state index >= 15 is 0 Å². The van der Waals surface area contributed by atoms with Crippen LogP contribution in [0, 0.1) is 11.3 Å². The van der Waals surface area contributed by atoms with Crippen molar-refractivity contribution in [2.45, 2.75) is 206 Å². The smallest absolute Gasteiger partial charge is 0.386 e. The lowest BCUT2D eigenvalue weighted by Crippen LogP contribution is -2.46. The van der Waals surface area contributed by atoms with Gasteiger partial charge in [0.2, 0.25) is 11.8 Å². The number of aromatic nitrogens is 4. The zero-order valence-corrected chi connectivity index (χ0v) is 47.7. The van der Waals surface area contributed by atoms with E-state index in [0.29, 0.717) is 12.2 Å². The van der Waals surface area contributed by atoms with Crippen LogP contribution < -0.4 is 16.4 Å². The molecule has 0 spiro atoms. The van der Waals surface area contributed by atoms with Crippen LogP contribution in [0.3, 0.4) is 0 Å². The number of carbonyl (C=O) groups is 3. The summed E-state index contributed by atoms with van der Waals surface area (Å²) in [5, 5.41) is 26.7. The topological polar surface area (TPSA) is 364 Å². The fourth-order valence-electron chi connectivity index (χ4n) is 8.34. The number of phosphoric ester groups is 3. The highest BCUT2D eigenvalue weighted by molar-refractivity contribution is 8.13. The molecule has 2 aromatic heterocycles. The number of anilines is 1. The molecule has 24 nitrogen and oxygen atoms in total. The van der Waals surface area contributed by atoms with Crippen molar-refractivity contribution in [3.63, 3.8) is 0 Å². The van der Waals surface area contributed by atoms with Crippen LogP contribution in [0.1, 0.15) is 182 Å². The number of aliphatic hydroxyl groups excluding tert-OH is 2. The summed E-state index contributed by atoms with van der Waals surface area (Å²) in [7, 11) is -16.4. The average Bonchev–Trinajstić information content (AvgIpc) is 3.91. The molecule has 0 radical (unpaired) electrons. The highest BCUT2D eigenvalue weighted by Gasteiger charge is 2.50. The van der Waals surface area contributed by atoms with Crippen molar-refractivity contribution in [1.82, 2.24) is 30.2 Å². The number of nitrogen functional groups attached to an aromatic ring is 1. The van der Waals surface area contributed by atoms with Gasteiger partial charge in [0.05, 0.1) is 19.5 Å². The number of imidazole rings is 1. The van der Waals surface area contributed by atoms with E-state index < -0.39 is 84.6 Å². The van der Waals surface area contributed by atoms with Crippen molar-refractivity contribution in [3.8, 4) is 0 Å². The summed E-state index contributed by atoms with van der Waals surface area (Å²) in [4.78, 5) is 88.7. The third kappa shape index (κ3) is 26.8. The zero-order valence-electron chi connectivity index (χ0n) is 44.2. The Labute approximate surface area is 446 Å². The lowest BCUT2D eigenvalue weighted by molar-refractivity contribution is -0.137. The van der Waals surface area contributed by atoms with Crippen LogP contribution in [-0.4, -0.2) is 123 Å². The van der Waals surface area contributed by atoms with Gasteiger partial charge in [-0.05, 0) is 12.3 Å². The molecule has 8 unspecified atom stereocenters. The van der Waals surface area contributed by atoms with Gasteiger partial charge in [0, 0.05) is 37.1 Å². The first-order chi connectivity index (χ1) is 35.4. The lowest BCUT2D eigenvalue weighted by atomic mass is 9.87. The van der Waals surface area contributed by atoms with Crippen molar-refractivity contribution < 1.29 is 80.5 Å². The summed E-state index contributed by atoms with van der Waals surface area (Å²) in [6.45, 7) is 5.24. The number of thioether (sulfide) groups is 1. The molecule has 2 amide bonds. The van der Waals surface area contributed by atoms with Gasteiger partial charge in [-0.2, -0.15) is 4.31 Å². The van der Waals surface area contributed by atoms with E-state index in [1.54, 1.807) is 0 Å². The Morgan fingerprint density at radius 3 is 1.91 bits per heavy atom. The van der Waals surface area contributed by atoms with E-state index in [1.807, 2.05) is 0 Å². The number of phosphoric acid groups is 3. The standard InChI is InChI=1S/C47H86N7O17P3S/c1-5-35(2)25-23-21-19-17-15-13-11-9-7-6-8-10-12-14-16-18-20-22-24-26-38(56)75-30-29-49-37(55)27-28-50-45(59)42(58)47(3,4)32-68-74(65,66)71-73(63,64)67-31-36-41(70-72(60,61)62)40(57)46(69-36)54-34-53-39-43(48)51-33-52-44(39)54/h33-36,40-42,46,57-58H,5-32H2,1-4H3,(H,49,55)(H,50,59)(H,63,64)(H,65,66)(H2,48,51,52)(H2,60,61,62). The van der Waals surface area contributed by atoms with Gasteiger partial charge in [-0.3, -0.25) is 32.5 Å². The quantitative estimate of drug-likeness (QED) is 0.0225. The number of amides is 2. The number of hydrogen-bond donors (Lipinski definition) is 9. The maximum atomic E-state index is 12.8. The molecule has 2 aromatic rings. The normalized spacial score (nSPS) is 19.7. The molecule has 3 heterocycles. The molecule has 1 saturated heterocycles. The number of nitrogens with one attached hydrogen (secondary N) is 2. The Kier molecular flexibility index (Phi) is 30.8. The van der Waals surface area contributed by atoms with E-state index in [4.69, 9.17) is 19.5 Å². The average molecular weight is 1150 g/mol. The third-order valence-corrected chi connectivity index (χ3v) is 17.1. The Morgan fingerprint density at radius 2 is 1.35 bits per heavy atom. The van der Waals surface area contributed by atoms with E-state index in [1.165, 1.54) is 129 Å². The molecule has 8 atom stereocenters. The number of hydrogen-bond acceptors (Lipinski definition) is 18.